The molecule has 0 aliphatic rings. The van der Waals surface area contributed by atoms with Crippen LogP contribution in [0.4, 0.5) is 0 Å². The van der Waals surface area contributed by atoms with Gasteiger partial charge < -0.3 is 9.84 Å². The van der Waals surface area contributed by atoms with Crippen LogP contribution >= 0.6 is 0 Å². The standard InChI is InChI=1S/C11H12O3/c1-7(2)8-4-5-9(10(12)6-8)11(13)14-3/h4-6,12H,1H2,2-3H3. The molecule has 0 bridgehead atoms. The number of hydrogen-bond acceptors (Lipinski definition) is 3. The molecule has 1 aromatic rings. The Hall–Kier alpha value is -1.77. The lowest BCUT2D eigenvalue weighted by Crippen LogP contribution is -2.01. The van der Waals surface area contributed by atoms with Gasteiger partial charge >= 0.3 is 5.97 Å². The number of phenols is 1. The highest BCUT2D eigenvalue weighted by atomic mass is 16.5. The largest absolute Gasteiger partial charge is 0.507 e. The van der Waals surface area contributed by atoms with Gasteiger partial charge in [0.1, 0.15) is 11.3 Å². The number of rotatable bonds is 2. The van der Waals surface area contributed by atoms with Gasteiger partial charge in [0.15, 0.2) is 0 Å². The Bertz CT molecular complexity index is 380. The molecule has 0 unspecified atom stereocenters. The van der Waals surface area contributed by atoms with Crippen LogP contribution in [-0.2, 0) is 4.74 Å². The lowest BCUT2D eigenvalue weighted by atomic mass is 10.1. The number of allylic oxidation sites excluding steroid dienone is 1. The first-order chi connectivity index (χ1) is 6.56. The van der Waals surface area contributed by atoms with Crippen LogP contribution in [0.15, 0.2) is 24.8 Å². The van der Waals surface area contributed by atoms with Crippen molar-refractivity contribution in [3.63, 3.8) is 0 Å². The molecule has 1 rings (SSSR count). The third-order valence-corrected chi connectivity index (χ3v) is 1.90. The second-order valence-corrected chi connectivity index (χ2v) is 3.00. The molecule has 0 saturated heterocycles. The van der Waals surface area contributed by atoms with Gasteiger partial charge in [-0.2, -0.15) is 0 Å². The maximum absolute atomic E-state index is 11.1. The number of carbonyl (C=O) groups excluding carboxylic acids is 1. The van der Waals surface area contributed by atoms with Gasteiger partial charge in [0.25, 0.3) is 0 Å². The summed E-state index contributed by atoms with van der Waals surface area (Å²) in [4.78, 5) is 11.1. The number of hydrogen-bond donors (Lipinski definition) is 1. The average molecular weight is 192 g/mol. The number of benzene rings is 1. The predicted molar refractivity (Wildman–Crippen MR) is 54.2 cm³/mol. The zero-order valence-electron chi connectivity index (χ0n) is 8.20. The van der Waals surface area contributed by atoms with Crippen LogP contribution in [0.5, 0.6) is 5.75 Å². The van der Waals surface area contributed by atoms with Crippen molar-refractivity contribution in [1.82, 2.24) is 0 Å². The molecule has 0 amide bonds. The summed E-state index contributed by atoms with van der Waals surface area (Å²) in [5, 5.41) is 9.50. The Morgan fingerprint density at radius 2 is 2.14 bits per heavy atom. The fraction of sp³-hybridized carbons (Fsp3) is 0.182. The Morgan fingerprint density at radius 3 is 2.57 bits per heavy atom. The molecule has 0 aliphatic carbocycles. The zero-order chi connectivity index (χ0) is 10.7. The molecule has 0 saturated carbocycles. The van der Waals surface area contributed by atoms with Crippen LogP contribution in [0.3, 0.4) is 0 Å². The maximum atomic E-state index is 11.1. The van der Waals surface area contributed by atoms with E-state index in [9.17, 15) is 9.90 Å². The van der Waals surface area contributed by atoms with Crippen LogP contribution in [0, 0.1) is 0 Å². The summed E-state index contributed by atoms with van der Waals surface area (Å²) in [6.45, 7) is 5.56. The number of methoxy groups -OCH3 is 1. The number of esters is 1. The number of phenolic OH excluding ortho intramolecular Hbond substituents is 1. The van der Waals surface area contributed by atoms with E-state index in [1.165, 1.54) is 19.2 Å². The normalized spacial score (nSPS) is 9.57. The van der Waals surface area contributed by atoms with Gasteiger partial charge in [-0.3, -0.25) is 0 Å². The van der Waals surface area contributed by atoms with Crippen LogP contribution < -0.4 is 0 Å². The monoisotopic (exact) mass is 192 g/mol. The van der Waals surface area contributed by atoms with Gasteiger partial charge in [-0.05, 0) is 24.6 Å². The highest BCUT2D eigenvalue weighted by Crippen LogP contribution is 2.22. The molecule has 3 heteroatoms. The van der Waals surface area contributed by atoms with Crippen molar-refractivity contribution in [2.45, 2.75) is 6.92 Å². The third kappa shape index (κ3) is 1.93. The highest BCUT2D eigenvalue weighted by Gasteiger charge is 2.11. The molecule has 0 atom stereocenters. The molecular formula is C11H12O3. The summed E-state index contributed by atoms with van der Waals surface area (Å²) < 4.78 is 4.50. The van der Waals surface area contributed by atoms with Crippen molar-refractivity contribution in [2.24, 2.45) is 0 Å². The second kappa shape index (κ2) is 3.96. The fourth-order valence-corrected chi connectivity index (χ4v) is 1.08. The molecule has 0 heterocycles. The van der Waals surface area contributed by atoms with E-state index >= 15 is 0 Å². The topological polar surface area (TPSA) is 46.5 Å². The first kappa shape index (κ1) is 10.3. The van der Waals surface area contributed by atoms with Gasteiger partial charge in [-0.1, -0.05) is 18.2 Å². The van der Waals surface area contributed by atoms with Gasteiger partial charge in [0, 0.05) is 0 Å². The Labute approximate surface area is 82.6 Å². The quantitative estimate of drug-likeness (QED) is 0.731. The Morgan fingerprint density at radius 1 is 1.50 bits per heavy atom. The van der Waals surface area contributed by atoms with E-state index in [1.54, 1.807) is 6.07 Å². The maximum Gasteiger partial charge on any atom is 0.341 e. The molecule has 0 fully saturated rings. The predicted octanol–water partition coefficient (Wildman–Crippen LogP) is 2.21. The molecule has 74 valence electrons. The number of aromatic hydroxyl groups is 1. The van der Waals surface area contributed by atoms with Gasteiger partial charge in [-0.25, -0.2) is 4.79 Å². The van der Waals surface area contributed by atoms with E-state index in [-0.39, 0.29) is 11.3 Å². The molecule has 0 radical (unpaired) electrons. The molecular weight excluding hydrogens is 180 g/mol. The van der Waals surface area contributed by atoms with E-state index in [4.69, 9.17) is 0 Å². The highest BCUT2D eigenvalue weighted by molar-refractivity contribution is 5.92. The first-order valence-corrected chi connectivity index (χ1v) is 4.13. The van der Waals surface area contributed by atoms with Crippen LogP contribution in [0.1, 0.15) is 22.8 Å². The summed E-state index contributed by atoms with van der Waals surface area (Å²) in [6.07, 6.45) is 0. The molecule has 1 N–H and O–H groups in total. The molecule has 14 heavy (non-hydrogen) atoms. The van der Waals surface area contributed by atoms with Crippen LogP contribution in [0.2, 0.25) is 0 Å². The molecule has 1 aromatic carbocycles. The van der Waals surface area contributed by atoms with E-state index in [0.29, 0.717) is 0 Å². The molecule has 3 nitrogen and oxygen atoms in total. The minimum Gasteiger partial charge on any atom is -0.507 e. The third-order valence-electron chi connectivity index (χ3n) is 1.90. The minimum atomic E-state index is -0.546. The van der Waals surface area contributed by atoms with E-state index in [0.717, 1.165) is 11.1 Å². The van der Waals surface area contributed by atoms with Crippen molar-refractivity contribution in [3.8, 4) is 5.75 Å². The van der Waals surface area contributed by atoms with Crippen LogP contribution in [0.25, 0.3) is 5.57 Å². The van der Waals surface area contributed by atoms with Gasteiger partial charge in [0.05, 0.1) is 7.11 Å². The van der Waals surface area contributed by atoms with Gasteiger partial charge in [0.2, 0.25) is 0 Å². The number of ether oxygens (including phenoxy) is 1. The van der Waals surface area contributed by atoms with Crippen molar-refractivity contribution >= 4 is 11.5 Å². The molecule has 0 aliphatic heterocycles. The molecule has 0 aromatic heterocycles. The smallest absolute Gasteiger partial charge is 0.341 e. The van der Waals surface area contributed by atoms with Crippen molar-refractivity contribution in [2.75, 3.05) is 7.11 Å². The summed E-state index contributed by atoms with van der Waals surface area (Å²) >= 11 is 0. The fourth-order valence-electron chi connectivity index (χ4n) is 1.08. The van der Waals surface area contributed by atoms with E-state index in [2.05, 4.69) is 11.3 Å². The Kier molecular flexibility index (Phi) is 2.92. The summed E-state index contributed by atoms with van der Waals surface area (Å²) in [5.74, 6) is -0.631. The zero-order valence-corrected chi connectivity index (χ0v) is 8.20. The second-order valence-electron chi connectivity index (χ2n) is 3.00. The summed E-state index contributed by atoms with van der Waals surface area (Å²) in [5.41, 5.74) is 1.80. The van der Waals surface area contributed by atoms with Gasteiger partial charge in [-0.15, -0.1) is 0 Å². The Balaban J connectivity index is 3.14. The van der Waals surface area contributed by atoms with Crippen molar-refractivity contribution < 1.29 is 14.6 Å². The average Bonchev–Trinajstić information content (AvgIpc) is 2.16. The number of carbonyl (C=O) groups is 1. The van der Waals surface area contributed by atoms with Crippen LogP contribution in [-0.4, -0.2) is 18.2 Å². The van der Waals surface area contributed by atoms with E-state index < -0.39 is 5.97 Å². The SMILES string of the molecule is C=C(C)c1ccc(C(=O)OC)c(O)c1. The van der Waals surface area contributed by atoms with Crippen molar-refractivity contribution in [3.05, 3.63) is 35.9 Å². The first-order valence-electron chi connectivity index (χ1n) is 4.13. The minimum absolute atomic E-state index is 0.0858. The lowest BCUT2D eigenvalue weighted by molar-refractivity contribution is 0.0597. The molecule has 0 spiro atoms. The van der Waals surface area contributed by atoms with Crippen molar-refractivity contribution in [1.29, 1.82) is 0 Å². The summed E-state index contributed by atoms with van der Waals surface area (Å²) in [6, 6.07) is 4.73. The summed E-state index contributed by atoms with van der Waals surface area (Å²) in [7, 11) is 1.27. The van der Waals surface area contributed by atoms with E-state index in [1.807, 2.05) is 6.92 Å². The lowest BCUT2D eigenvalue weighted by Gasteiger charge is -2.05.